The summed E-state index contributed by atoms with van der Waals surface area (Å²) >= 11 is 12.4. The summed E-state index contributed by atoms with van der Waals surface area (Å²) in [6.45, 7) is 0. The Morgan fingerprint density at radius 1 is 1.00 bits per heavy atom. The third-order valence-electron chi connectivity index (χ3n) is 4.83. The fourth-order valence-corrected chi connectivity index (χ4v) is 3.62. The molecule has 2 aromatic carbocycles. The third-order valence-corrected chi connectivity index (χ3v) is 5.46. The van der Waals surface area contributed by atoms with Crippen molar-refractivity contribution in [2.75, 3.05) is 12.4 Å². The van der Waals surface area contributed by atoms with Gasteiger partial charge in [-0.15, -0.1) is 0 Å². The molecule has 1 saturated heterocycles. The van der Waals surface area contributed by atoms with Crippen molar-refractivity contribution in [2.45, 2.75) is 37.1 Å². The molecule has 0 unspecified atom stereocenters. The van der Waals surface area contributed by atoms with Crippen molar-refractivity contribution in [3.8, 4) is 0 Å². The van der Waals surface area contributed by atoms with Crippen LogP contribution in [0.3, 0.4) is 0 Å². The predicted molar refractivity (Wildman–Crippen MR) is 115 cm³/mol. The maximum absolute atomic E-state index is 12.5. The monoisotopic (exact) mass is 485 g/mol. The fraction of sp³-hybridized carbons (Fsp3) is 0.333. The summed E-state index contributed by atoms with van der Waals surface area (Å²) in [5.74, 6) is -1.81. The lowest BCUT2D eigenvalue weighted by molar-refractivity contribution is -0.286. The first-order valence-electron chi connectivity index (χ1n) is 9.48. The first-order chi connectivity index (χ1) is 15.2. The SMILES string of the molecule is COC(=O)[C@H]1O[C@@H](OC(=O)Cc2ccccc2Nc2c(Cl)cccc2Cl)[C@H](O)[C@@H](O)[C@@H]1O. The number of carbonyl (C=O) groups excluding carboxylic acids is 2. The van der Waals surface area contributed by atoms with Gasteiger partial charge in [0, 0.05) is 5.69 Å². The number of hydrogen-bond acceptors (Lipinski definition) is 9. The number of ether oxygens (including phenoxy) is 3. The van der Waals surface area contributed by atoms with E-state index in [0.29, 0.717) is 27.0 Å². The zero-order valence-electron chi connectivity index (χ0n) is 16.8. The number of aliphatic hydroxyl groups is 3. The molecule has 2 aromatic rings. The highest BCUT2D eigenvalue weighted by Gasteiger charge is 2.49. The van der Waals surface area contributed by atoms with E-state index in [-0.39, 0.29) is 6.42 Å². The highest BCUT2D eigenvalue weighted by molar-refractivity contribution is 6.39. The molecule has 0 bridgehead atoms. The minimum atomic E-state index is -1.79. The number of nitrogens with one attached hydrogen (secondary N) is 1. The van der Waals surface area contributed by atoms with Crippen LogP contribution >= 0.6 is 23.2 Å². The van der Waals surface area contributed by atoms with Gasteiger partial charge in [-0.05, 0) is 23.8 Å². The first-order valence-corrected chi connectivity index (χ1v) is 10.2. The molecular formula is C21H21Cl2NO8. The molecular weight excluding hydrogens is 465 g/mol. The summed E-state index contributed by atoms with van der Waals surface area (Å²) in [5.41, 5.74) is 1.51. The third kappa shape index (κ3) is 5.32. The van der Waals surface area contributed by atoms with Crippen LogP contribution in [0, 0.1) is 0 Å². The van der Waals surface area contributed by atoms with Crippen molar-refractivity contribution in [3.05, 3.63) is 58.1 Å². The van der Waals surface area contributed by atoms with Crippen LogP contribution in [0.5, 0.6) is 0 Å². The molecule has 1 heterocycles. The van der Waals surface area contributed by atoms with Gasteiger partial charge >= 0.3 is 11.9 Å². The van der Waals surface area contributed by atoms with Crippen LogP contribution in [0.25, 0.3) is 0 Å². The van der Waals surface area contributed by atoms with Gasteiger partial charge < -0.3 is 34.8 Å². The number of rotatable bonds is 6. The highest BCUT2D eigenvalue weighted by atomic mass is 35.5. The summed E-state index contributed by atoms with van der Waals surface area (Å²) in [4.78, 5) is 24.3. The van der Waals surface area contributed by atoms with Crippen LogP contribution in [-0.4, -0.2) is 65.1 Å². The van der Waals surface area contributed by atoms with Gasteiger partial charge in [-0.2, -0.15) is 0 Å². The van der Waals surface area contributed by atoms with Crippen molar-refractivity contribution < 1.29 is 39.1 Å². The van der Waals surface area contributed by atoms with Crippen molar-refractivity contribution in [1.29, 1.82) is 0 Å². The summed E-state index contributed by atoms with van der Waals surface area (Å²) in [7, 11) is 1.06. The molecule has 0 amide bonds. The molecule has 11 heteroatoms. The Hall–Kier alpha value is -2.40. The lowest BCUT2D eigenvalue weighted by Gasteiger charge is -2.38. The van der Waals surface area contributed by atoms with E-state index in [1.54, 1.807) is 42.5 Å². The van der Waals surface area contributed by atoms with E-state index in [1.165, 1.54) is 0 Å². The number of methoxy groups -OCH3 is 1. The Morgan fingerprint density at radius 2 is 1.66 bits per heavy atom. The van der Waals surface area contributed by atoms with Gasteiger partial charge in [-0.3, -0.25) is 4.79 Å². The molecule has 0 saturated carbocycles. The largest absolute Gasteiger partial charge is 0.467 e. The second-order valence-corrected chi connectivity index (χ2v) is 7.78. The maximum Gasteiger partial charge on any atom is 0.337 e. The minimum Gasteiger partial charge on any atom is -0.467 e. The van der Waals surface area contributed by atoms with Crippen LogP contribution < -0.4 is 5.32 Å². The molecule has 9 nitrogen and oxygen atoms in total. The normalized spacial score (nSPS) is 25.1. The van der Waals surface area contributed by atoms with Gasteiger partial charge in [0.2, 0.25) is 6.29 Å². The zero-order chi connectivity index (χ0) is 23.4. The van der Waals surface area contributed by atoms with Gasteiger partial charge in [-0.25, -0.2) is 4.79 Å². The molecule has 3 rings (SSSR count). The van der Waals surface area contributed by atoms with Gasteiger partial charge in [0.15, 0.2) is 6.10 Å². The van der Waals surface area contributed by atoms with Crippen molar-refractivity contribution in [3.63, 3.8) is 0 Å². The molecule has 32 heavy (non-hydrogen) atoms. The van der Waals surface area contributed by atoms with Gasteiger partial charge in [0.25, 0.3) is 0 Å². The van der Waals surface area contributed by atoms with Gasteiger partial charge in [-0.1, -0.05) is 47.5 Å². The molecule has 0 spiro atoms. The smallest absolute Gasteiger partial charge is 0.337 e. The average Bonchev–Trinajstić information content (AvgIpc) is 2.77. The van der Waals surface area contributed by atoms with E-state index in [4.69, 9.17) is 32.7 Å². The van der Waals surface area contributed by atoms with E-state index in [0.717, 1.165) is 7.11 Å². The lowest BCUT2D eigenvalue weighted by Crippen LogP contribution is -2.60. The second kappa shape index (κ2) is 10.5. The van der Waals surface area contributed by atoms with Gasteiger partial charge in [0.05, 0.1) is 29.3 Å². The van der Waals surface area contributed by atoms with Crippen molar-refractivity contribution in [1.82, 2.24) is 0 Å². The molecule has 5 atom stereocenters. The minimum absolute atomic E-state index is 0.251. The van der Waals surface area contributed by atoms with Gasteiger partial charge in [0.1, 0.15) is 18.3 Å². The molecule has 0 aromatic heterocycles. The van der Waals surface area contributed by atoms with Crippen molar-refractivity contribution in [2.24, 2.45) is 0 Å². The topological polar surface area (TPSA) is 135 Å². The molecule has 1 fully saturated rings. The molecule has 1 aliphatic rings. The number of hydrogen-bond donors (Lipinski definition) is 4. The highest BCUT2D eigenvalue weighted by Crippen LogP contribution is 2.34. The lowest BCUT2D eigenvalue weighted by atomic mass is 9.99. The zero-order valence-corrected chi connectivity index (χ0v) is 18.3. The van der Waals surface area contributed by atoms with E-state index in [1.807, 2.05) is 0 Å². The van der Waals surface area contributed by atoms with Crippen LogP contribution in [0.1, 0.15) is 5.56 Å². The summed E-state index contributed by atoms with van der Waals surface area (Å²) < 4.78 is 14.8. The Balaban J connectivity index is 1.73. The summed E-state index contributed by atoms with van der Waals surface area (Å²) in [6, 6.07) is 11.8. The standard InChI is InChI=1S/C21H21Cl2NO8/c1-30-20(29)19-17(27)16(26)18(28)21(32-19)31-14(25)9-10-5-2-3-8-13(10)24-15-11(22)6-4-7-12(15)23/h2-8,16-19,21,24,26-28H,9H2,1H3/t16-,17-,18+,19-,21+/m0/s1. The van der Waals surface area contributed by atoms with Crippen LogP contribution in [0.2, 0.25) is 10.0 Å². The van der Waals surface area contributed by atoms with E-state index in [9.17, 15) is 24.9 Å². The number of anilines is 2. The molecule has 4 N–H and O–H groups in total. The number of esters is 2. The summed E-state index contributed by atoms with van der Waals surface area (Å²) in [5, 5.41) is 33.8. The Labute approximate surface area is 193 Å². The number of aliphatic hydroxyl groups excluding tert-OH is 3. The maximum atomic E-state index is 12.5. The number of benzene rings is 2. The average molecular weight is 486 g/mol. The van der Waals surface area contributed by atoms with Crippen LogP contribution in [0.15, 0.2) is 42.5 Å². The Kier molecular flexibility index (Phi) is 7.94. The quantitative estimate of drug-likeness (QED) is 0.451. The van der Waals surface area contributed by atoms with Crippen LogP contribution in [-0.2, 0) is 30.2 Å². The Bertz CT molecular complexity index is 968. The molecule has 0 radical (unpaired) electrons. The van der Waals surface area contributed by atoms with Crippen molar-refractivity contribution >= 4 is 46.5 Å². The second-order valence-electron chi connectivity index (χ2n) is 6.97. The van der Waals surface area contributed by atoms with E-state index in [2.05, 4.69) is 10.1 Å². The number of carbonyl (C=O) groups is 2. The number of halogens is 2. The molecule has 172 valence electrons. The van der Waals surface area contributed by atoms with E-state index >= 15 is 0 Å². The molecule has 1 aliphatic heterocycles. The van der Waals surface area contributed by atoms with Crippen LogP contribution in [0.4, 0.5) is 11.4 Å². The number of para-hydroxylation sites is 2. The van der Waals surface area contributed by atoms with E-state index < -0.39 is 42.6 Å². The Morgan fingerprint density at radius 3 is 2.31 bits per heavy atom. The summed E-state index contributed by atoms with van der Waals surface area (Å²) in [6.07, 6.45) is -8.89. The first kappa shape index (κ1) is 24.2. The fourth-order valence-electron chi connectivity index (χ4n) is 3.13. The molecule has 0 aliphatic carbocycles. The predicted octanol–water partition coefficient (Wildman–Crippen LogP) is 1.80.